The first kappa shape index (κ1) is 17.0. The Kier molecular flexibility index (Phi) is 6.44. The SMILES string of the molecule is c1ccc(P(c2ccccc2)c2ccccc2)cc1.c1cncnc1. The van der Waals surface area contributed by atoms with Crippen molar-refractivity contribution in [2.24, 2.45) is 0 Å². The molecule has 0 atom stereocenters. The largest absolute Gasteiger partial charge is 0.245 e. The molecule has 0 radical (unpaired) electrons. The molecule has 0 saturated carbocycles. The normalized spacial score (nSPS) is 9.96. The predicted octanol–water partition coefficient (Wildman–Crippen LogP) is 3.92. The minimum Gasteiger partial charge on any atom is -0.245 e. The second-order valence-electron chi connectivity index (χ2n) is 5.25. The Hall–Kier alpha value is -2.83. The van der Waals surface area contributed by atoms with Gasteiger partial charge in [-0.3, -0.25) is 0 Å². The lowest BCUT2D eigenvalue weighted by Crippen LogP contribution is -2.20. The number of nitrogens with zero attached hydrogens (tertiary/aromatic N) is 2. The lowest BCUT2D eigenvalue weighted by atomic mass is 10.4. The van der Waals surface area contributed by atoms with E-state index in [2.05, 4.69) is 101 Å². The number of rotatable bonds is 3. The predicted molar refractivity (Wildman–Crippen MR) is 107 cm³/mol. The minimum absolute atomic E-state index is 0.446. The van der Waals surface area contributed by atoms with Crippen LogP contribution in [0.1, 0.15) is 0 Å². The van der Waals surface area contributed by atoms with Crippen LogP contribution in [0.3, 0.4) is 0 Å². The lowest BCUT2D eigenvalue weighted by Gasteiger charge is -2.18. The molecule has 0 unspecified atom stereocenters. The van der Waals surface area contributed by atoms with Crippen LogP contribution in [0.4, 0.5) is 0 Å². The first-order valence-corrected chi connectivity index (χ1v) is 9.44. The molecule has 4 rings (SSSR count). The van der Waals surface area contributed by atoms with Gasteiger partial charge in [0.05, 0.1) is 0 Å². The molecule has 3 heteroatoms. The molecule has 1 aromatic heterocycles. The van der Waals surface area contributed by atoms with E-state index in [1.54, 1.807) is 18.5 Å². The molecule has 0 amide bonds. The van der Waals surface area contributed by atoms with E-state index in [1.165, 1.54) is 22.2 Å². The smallest absolute Gasteiger partial charge is 0.115 e. The number of hydrogen-bond donors (Lipinski definition) is 0. The van der Waals surface area contributed by atoms with Gasteiger partial charge < -0.3 is 0 Å². The van der Waals surface area contributed by atoms with Gasteiger partial charge in [0.15, 0.2) is 0 Å². The third-order valence-electron chi connectivity index (χ3n) is 3.52. The van der Waals surface area contributed by atoms with Crippen molar-refractivity contribution in [3.05, 3.63) is 116 Å². The summed E-state index contributed by atoms with van der Waals surface area (Å²) >= 11 is 0. The highest BCUT2D eigenvalue weighted by Gasteiger charge is 2.14. The second-order valence-corrected chi connectivity index (χ2v) is 7.47. The van der Waals surface area contributed by atoms with E-state index < -0.39 is 7.92 Å². The van der Waals surface area contributed by atoms with Crippen LogP contribution in [0.15, 0.2) is 116 Å². The zero-order valence-corrected chi connectivity index (χ0v) is 14.7. The van der Waals surface area contributed by atoms with E-state index in [9.17, 15) is 0 Å². The fourth-order valence-electron chi connectivity index (χ4n) is 2.43. The summed E-state index contributed by atoms with van der Waals surface area (Å²) in [5, 5.41) is 4.19. The van der Waals surface area contributed by atoms with Gasteiger partial charge in [0, 0.05) is 12.4 Å². The molecule has 0 N–H and O–H groups in total. The second kappa shape index (κ2) is 9.46. The first-order chi connectivity index (χ1) is 12.4. The van der Waals surface area contributed by atoms with Gasteiger partial charge in [-0.2, -0.15) is 0 Å². The molecule has 3 aromatic carbocycles. The standard InChI is InChI=1S/C18H15P.C4H4N2/c1-4-10-16(11-5-1)19(17-12-6-2-7-13-17)18-14-8-3-9-15-18;1-2-5-4-6-3-1/h1-15H;1-4H. The van der Waals surface area contributed by atoms with E-state index in [4.69, 9.17) is 0 Å². The summed E-state index contributed by atoms with van der Waals surface area (Å²) in [7, 11) is -0.446. The molecule has 4 aromatic rings. The van der Waals surface area contributed by atoms with Gasteiger partial charge in [-0.25, -0.2) is 9.97 Å². The highest BCUT2D eigenvalue weighted by molar-refractivity contribution is 7.79. The van der Waals surface area contributed by atoms with Crippen LogP contribution in [0.25, 0.3) is 0 Å². The van der Waals surface area contributed by atoms with Crippen LogP contribution < -0.4 is 15.9 Å². The van der Waals surface area contributed by atoms with Crippen LogP contribution in [0.2, 0.25) is 0 Å². The molecule has 0 aliphatic rings. The Balaban J connectivity index is 0.000000258. The Morgan fingerprint density at radius 2 is 0.800 bits per heavy atom. The van der Waals surface area contributed by atoms with E-state index in [1.807, 2.05) is 0 Å². The van der Waals surface area contributed by atoms with Gasteiger partial charge in [-0.05, 0) is 29.9 Å². The molecule has 0 spiro atoms. The van der Waals surface area contributed by atoms with Crippen LogP contribution in [-0.2, 0) is 0 Å². The molecule has 0 bridgehead atoms. The van der Waals surface area contributed by atoms with Gasteiger partial charge in [0.25, 0.3) is 0 Å². The maximum Gasteiger partial charge on any atom is 0.115 e. The summed E-state index contributed by atoms with van der Waals surface area (Å²) in [6, 6.07) is 34.1. The molecule has 1 heterocycles. The summed E-state index contributed by atoms with van der Waals surface area (Å²) in [4.78, 5) is 7.35. The van der Waals surface area contributed by atoms with Crippen molar-refractivity contribution in [1.29, 1.82) is 0 Å². The maximum atomic E-state index is 3.67. The van der Waals surface area contributed by atoms with Crippen LogP contribution >= 0.6 is 7.92 Å². The topological polar surface area (TPSA) is 25.8 Å². The van der Waals surface area contributed by atoms with Gasteiger partial charge in [0.1, 0.15) is 6.33 Å². The van der Waals surface area contributed by atoms with E-state index >= 15 is 0 Å². The van der Waals surface area contributed by atoms with Crippen molar-refractivity contribution >= 4 is 23.8 Å². The summed E-state index contributed by atoms with van der Waals surface area (Å²) in [5.74, 6) is 0. The van der Waals surface area contributed by atoms with Gasteiger partial charge >= 0.3 is 0 Å². The fraction of sp³-hybridized carbons (Fsp3) is 0. The van der Waals surface area contributed by atoms with Crippen LogP contribution in [0.5, 0.6) is 0 Å². The quantitative estimate of drug-likeness (QED) is 0.527. The third-order valence-corrected chi connectivity index (χ3v) is 5.96. The lowest BCUT2D eigenvalue weighted by molar-refractivity contribution is 1.17. The molecule has 0 aliphatic heterocycles. The van der Waals surface area contributed by atoms with Gasteiger partial charge in [-0.15, -0.1) is 0 Å². The van der Waals surface area contributed by atoms with E-state index in [0.717, 1.165) is 0 Å². The third kappa shape index (κ3) is 5.07. The Labute approximate surface area is 150 Å². The van der Waals surface area contributed by atoms with Crippen molar-refractivity contribution in [3.63, 3.8) is 0 Å². The first-order valence-electron chi connectivity index (χ1n) is 8.10. The molecule has 0 fully saturated rings. The average molecular weight is 342 g/mol. The zero-order chi connectivity index (χ0) is 17.2. The summed E-state index contributed by atoms with van der Waals surface area (Å²) in [6.45, 7) is 0. The summed E-state index contributed by atoms with van der Waals surface area (Å²) in [6.07, 6.45) is 4.88. The molecule has 25 heavy (non-hydrogen) atoms. The monoisotopic (exact) mass is 342 g/mol. The van der Waals surface area contributed by atoms with Crippen LogP contribution in [0, 0.1) is 0 Å². The van der Waals surface area contributed by atoms with E-state index in [0.29, 0.717) is 0 Å². The summed E-state index contributed by atoms with van der Waals surface area (Å²) in [5.41, 5.74) is 0. The number of aromatic nitrogens is 2. The van der Waals surface area contributed by atoms with Crippen molar-refractivity contribution in [3.8, 4) is 0 Å². The molecular formula is C22H19N2P. The van der Waals surface area contributed by atoms with E-state index in [-0.39, 0.29) is 0 Å². The molecule has 0 aliphatic carbocycles. The summed E-state index contributed by atoms with van der Waals surface area (Å²) < 4.78 is 0. The Morgan fingerprint density at radius 1 is 0.440 bits per heavy atom. The number of benzene rings is 3. The van der Waals surface area contributed by atoms with Gasteiger partial charge in [-0.1, -0.05) is 91.0 Å². The van der Waals surface area contributed by atoms with Gasteiger partial charge in [0.2, 0.25) is 0 Å². The minimum atomic E-state index is -0.446. The average Bonchev–Trinajstić information content (AvgIpc) is 2.72. The van der Waals surface area contributed by atoms with Crippen molar-refractivity contribution in [1.82, 2.24) is 9.97 Å². The molecule has 0 saturated heterocycles. The number of hydrogen-bond acceptors (Lipinski definition) is 2. The highest BCUT2D eigenvalue weighted by Crippen LogP contribution is 2.32. The fourth-order valence-corrected chi connectivity index (χ4v) is 4.74. The van der Waals surface area contributed by atoms with Crippen LogP contribution in [-0.4, -0.2) is 9.97 Å². The van der Waals surface area contributed by atoms with Crippen molar-refractivity contribution < 1.29 is 0 Å². The zero-order valence-electron chi connectivity index (χ0n) is 13.8. The molecule has 122 valence electrons. The Bertz CT molecular complexity index is 717. The Morgan fingerprint density at radius 3 is 1.04 bits per heavy atom. The highest BCUT2D eigenvalue weighted by atomic mass is 31.1. The maximum absolute atomic E-state index is 3.67. The molecular weight excluding hydrogens is 323 g/mol. The van der Waals surface area contributed by atoms with Crippen molar-refractivity contribution in [2.45, 2.75) is 0 Å². The van der Waals surface area contributed by atoms with Crippen molar-refractivity contribution in [2.75, 3.05) is 0 Å². The molecule has 2 nitrogen and oxygen atoms in total.